The summed E-state index contributed by atoms with van der Waals surface area (Å²) in [6, 6.07) is 11.5. The normalized spacial score (nSPS) is 19.0. The summed E-state index contributed by atoms with van der Waals surface area (Å²) in [4.78, 5) is 13.4. The molecule has 1 unspecified atom stereocenters. The van der Waals surface area contributed by atoms with Crippen LogP contribution in [0.5, 0.6) is 5.75 Å². The van der Waals surface area contributed by atoms with Gasteiger partial charge in [0, 0.05) is 19.1 Å². The summed E-state index contributed by atoms with van der Waals surface area (Å²) in [6.07, 6.45) is 1.28. The number of fused-ring (bicyclic) bond motifs is 1. The Hall–Kier alpha value is -2.07. The van der Waals surface area contributed by atoms with Gasteiger partial charge in [-0.2, -0.15) is 0 Å². The molecule has 0 spiro atoms. The van der Waals surface area contributed by atoms with E-state index in [0.717, 1.165) is 36.0 Å². The summed E-state index contributed by atoms with van der Waals surface area (Å²) < 4.78 is 6.08. The van der Waals surface area contributed by atoms with Crippen LogP contribution in [-0.4, -0.2) is 41.2 Å². The standard InChI is InChI=1S/C18H21NO3/c1-12(2)19-8-7-17(11-19)22-16-6-5-13-9-15(18(20)21)4-3-14(13)10-16/h3-6,9-10,12,17H,7-8,11H2,1-2H3,(H,20,21). The minimum absolute atomic E-state index is 0.234. The molecule has 1 saturated heterocycles. The van der Waals surface area contributed by atoms with Gasteiger partial charge in [0.15, 0.2) is 0 Å². The van der Waals surface area contributed by atoms with Gasteiger partial charge in [-0.3, -0.25) is 4.90 Å². The Morgan fingerprint density at radius 1 is 1.23 bits per heavy atom. The number of likely N-dealkylation sites (tertiary alicyclic amines) is 1. The first-order chi connectivity index (χ1) is 10.5. The third kappa shape index (κ3) is 3.07. The lowest BCUT2D eigenvalue weighted by Gasteiger charge is -2.20. The molecule has 116 valence electrons. The molecule has 22 heavy (non-hydrogen) atoms. The van der Waals surface area contributed by atoms with Gasteiger partial charge in [0.2, 0.25) is 0 Å². The van der Waals surface area contributed by atoms with Crippen molar-refractivity contribution < 1.29 is 14.6 Å². The fourth-order valence-electron chi connectivity index (χ4n) is 2.94. The zero-order chi connectivity index (χ0) is 15.7. The summed E-state index contributed by atoms with van der Waals surface area (Å²) in [7, 11) is 0. The molecule has 4 nitrogen and oxygen atoms in total. The first-order valence-electron chi connectivity index (χ1n) is 7.71. The molecule has 3 rings (SSSR count). The van der Waals surface area contributed by atoms with Crippen LogP contribution in [0.1, 0.15) is 30.6 Å². The number of ether oxygens (including phenoxy) is 1. The average molecular weight is 299 g/mol. The Morgan fingerprint density at radius 2 is 1.95 bits per heavy atom. The monoisotopic (exact) mass is 299 g/mol. The number of aromatic carboxylic acids is 1. The van der Waals surface area contributed by atoms with Gasteiger partial charge in [0.25, 0.3) is 0 Å². The van der Waals surface area contributed by atoms with Crippen LogP contribution in [0.2, 0.25) is 0 Å². The molecule has 1 aliphatic rings. The first kappa shape index (κ1) is 14.9. The second kappa shape index (κ2) is 5.97. The number of carbonyl (C=O) groups is 1. The lowest BCUT2D eigenvalue weighted by Crippen LogP contribution is -2.30. The summed E-state index contributed by atoms with van der Waals surface area (Å²) >= 11 is 0. The van der Waals surface area contributed by atoms with Crippen LogP contribution in [0.4, 0.5) is 0 Å². The average Bonchev–Trinajstić information content (AvgIpc) is 2.95. The van der Waals surface area contributed by atoms with Gasteiger partial charge in [0.1, 0.15) is 11.9 Å². The predicted octanol–water partition coefficient (Wildman–Crippen LogP) is 3.40. The van der Waals surface area contributed by atoms with Crippen LogP contribution in [-0.2, 0) is 0 Å². The highest BCUT2D eigenvalue weighted by Gasteiger charge is 2.25. The summed E-state index contributed by atoms with van der Waals surface area (Å²) in [5, 5.41) is 10.9. The van der Waals surface area contributed by atoms with Crippen molar-refractivity contribution in [3.63, 3.8) is 0 Å². The lowest BCUT2D eigenvalue weighted by atomic mass is 10.1. The van der Waals surface area contributed by atoms with Crippen molar-refractivity contribution in [2.75, 3.05) is 13.1 Å². The van der Waals surface area contributed by atoms with Gasteiger partial charge in [0.05, 0.1) is 5.56 Å². The van der Waals surface area contributed by atoms with E-state index in [1.807, 2.05) is 24.3 Å². The van der Waals surface area contributed by atoms with Crippen LogP contribution < -0.4 is 4.74 Å². The Kier molecular flexibility index (Phi) is 4.03. The molecule has 0 radical (unpaired) electrons. The summed E-state index contributed by atoms with van der Waals surface area (Å²) in [5.41, 5.74) is 0.310. The number of hydrogen-bond donors (Lipinski definition) is 1. The first-order valence-corrected chi connectivity index (χ1v) is 7.71. The van der Waals surface area contributed by atoms with Crippen LogP contribution in [0.3, 0.4) is 0 Å². The zero-order valence-corrected chi connectivity index (χ0v) is 13.0. The molecule has 0 saturated carbocycles. The Labute approximate surface area is 130 Å². The molecular weight excluding hydrogens is 278 g/mol. The summed E-state index contributed by atoms with van der Waals surface area (Å²) in [6.45, 7) is 6.46. The van der Waals surface area contributed by atoms with Crippen LogP contribution in [0.25, 0.3) is 10.8 Å². The molecule has 0 aliphatic carbocycles. The molecule has 1 atom stereocenters. The van der Waals surface area contributed by atoms with Crippen molar-refractivity contribution in [1.29, 1.82) is 0 Å². The van der Waals surface area contributed by atoms with Gasteiger partial charge in [-0.15, -0.1) is 0 Å². The topological polar surface area (TPSA) is 49.8 Å². The molecule has 0 bridgehead atoms. The molecule has 4 heteroatoms. The second-order valence-electron chi connectivity index (χ2n) is 6.15. The van der Waals surface area contributed by atoms with Crippen molar-refractivity contribution in [2.24, 2.45) is 0 Å². The van der Waals surface area contributed by atoms with Gasteiger partial charge in [-0.05, 0) is 55.3 Å². The van der Waals surface area contributed by atoms with E-state index in [1.165, 1.54) is 0 Å². The van der Waals surface area contributed by atoms with E-state index in [-0.39, 0.29) is 6.10 Å². The Balaban J connectivity index is 1.75. The van der Waals surface area contributed by atoms with Crippen molar-refractivity contribution in [3.8, 4) is 5.75 Å². The van der Waals surface area contributed by atoms with Crippen LogP contribution in [0.15, 0.2) is 36.4 Å². The number of rotatable bonds is 4. The lowest BCUT2D eigenvalue weighted by molar-refractivity contribution is 0.0697. The Morgan fingerprint density at radius 3 is 2.64 bits per heavy atom. The number of carboxylic acids is 1. The predicted molar refractivity (Wildman–Crippen MR) is 86.6 cm³/mol. The van der Waals surface area contributed by atoms with Gasteiger partial charge >= 0.3 is 5.97 Å². The molecule has 1 fully saturated rings. The maximum Gasteiger partial charge on any atom is 0.335 e. The second-order valence-corrected chi connectivity index (χ2v) is 6.15. The van der Waals surface area contributed by atoms with E-state index in [1.54, 1.807) is 12.1 Å². The molecule has 1 N–H and O–H groups in total. The van der Waals surface area contributed by atoms with E-state index >= 15 is 0 Å². The number of hydrogen-bond acceptors (Lipinski definition) is 3. The maximum absolute atomic E-state index is 11.0. The molecule has 2 aromatic carbocycles. The highest BCUT2D eigenvalue weighted by atomic mass is 16.5. The number of carboxylic acid groups (broad SMARTS) is 1. The molecule has 1 heterocycles. The fraction of sp³-hybridized carbons (Fsp3) is 0.389. The molecule has 2 aromatic rings. The van der Waals surface area contributed by atoms with E-state index in [0.29, 0.717) is 11.6 Å². The SMILES string of the molecule is CC(C)N1CCC(Oc2ccc3cc(C(=O)O)ccc3c2)C1. The van der Waals surface area contributed by atoms with Crippen molar-refractivity contribution in [1.82, 2.24) is 4.90 Å². The minimum atomic E-state index is -0.901. The minimum Gasteiger partial charge on any atom is -0.489 e. The van der Waals surface area contributed by atoms with E-state index in [4.69, 9.17) is 9.84 Å². The van der Waals surface area contributed by atoms with Gasteiger partial charge < -0.3 is 9.84 Å². The van der Waals surface area contributed by atoms with E-state index in [9.17, 15) is 4.79 Å². The molecule has 0 amide bonds. The zero-order valence-electron chi connectivity index (χ0n) is 13.0. The third-order valence-corrected chi connectivity index (χ3v) is 4.27. The van der Waals surface area contributed by atoms with E-state index < -0.39 is 5.97 Å². The number of nitrogens with zero attached hydrogens (tertiary/aromatic N) is 1. The largest absolute Gasteiger partial charge is 0.489 e. The third-order valence-electron chi connectivity index (χ3n) is 4.27. The van der Waals surface area contributed by atoms with Crippen LogP contribution in [0, 0.1) is 0 Å². The van der Waals surface area contributed by atoms with Crippen LogP contribution >= 0.6 is 0 Å². The molecule has 1 aliphatic heterocycles. The fourth-order valence-corrected chi connectivity index (χ4v) is 2.94. The number of benzene rings is 2. The highest BCUT2D eigenvalue weighted by molar-refractivity contribution is 5.94. The smallest absolute Gasteiger partial charge is 0.335 e. The Bertz CT molecular complexity index is 696. The van der Waals surface area contributed by atoms with Crippen molar-refractivity contribution in [2.45, 2.75) is 32.4 Å². The summed E-state index contributed by atoms with van der Waals surface area (Å²) in [5.74, 6) is -0.0480. The quantitative estimate of drug-likeness (QED) is 0.940. The van der Waals surface area contributed by atoms with Gasteiger partial charge in [-0.25, -0.2) is 4.79 Å². The molecular formula is C18H21NO3. The van der Waals surface area contributed by atoms with Crippen molar-refractivity contribution in [3.05, 3.63) is 42.0 Å². The maximum atomic E-state index is 11.0. The van der Waals surface area contributed by atoms with E-state index in [2.05, 4.69) is 18.7 Å². The van der Waals surface area contributed by atoms with Crippen molar-refractivity contribution >= 4 is 16.7 Å². The van der Waals surface area contributed by atoms with Gasteiger partial charge in [-0.1, -0.05) is 12.1 Å². The highest BCUT2D eigenvalue weighted by Crippen LogP contribution is 2.25. The molecule has 0 aromatic heterocycles.